The summed E-state index contributed by atoms with van der Waals surface area (Å²) >= 11 is 6.00. The fourth-order valence-electron chi connectivity index (χ4n) is 2.83. The van der Waals surface area contributed by atoms with Crippen molar-refractivity contribution in [2.45, 2.75) is 6.04 Å². The van der Waals surface area contributed by atoms with Gasteiger partial charge in [-0.05, 0) is 18.2 Å². The Balaban J connectivity index is 1.82. The summed E-state index contributed by atoms with van der Waals surface area (Å²) in [6.07, 6.45) is 2.14. The smallest absolute Gasteiger partial charge is 0.246 e. The molecular formula is C14H15ClN4O. The third kappa shape index (κ3) is 2.33. The van der Waals surface area contributed by atoms with Crippen molar-refractivity contribution in [2.75, 3.05) is 37.6 Å². The highest BCUT2D eigenvalue weighted by Crippen LogP contribution is 2.24. The van der Waals surface area contributed by atoms with Crippen molar-refractivity contribution in [3.8, 4) is 6.19 Å². The second-order valence-corrected chi connectivity index (χ2v) is 5.50. The van der Waals surface area contributed by atoms with Gasteiger partial charge in [-0.3, -0.25) is 9.69 Å². The van der Waals surface area contributed by atoms with Gasteiger partial charge >= 0.3 is 0 Å². The number of fused-ring (bicyclic) bond motifs is 1. The zero-order chi connectivity index (χ0) is 14.1. The van der Waals surface area contributed by atoms with Gasteiger partial charge in [0, 0.05) is 36.9 Å². The van der Waals surface area contributed by atoms with E-state index in [1.165, 1.54) is 0 Å². The first-order valence-electron chi connectivity index (χ1n) is 6.65. The molecule has 3 rings (SSSR count). The van der Waals surface area contributed by atoms with E-state index >= 15 is 0 Å². The van der Waals surface area contributed by atoms with Gasteiger partial charge in [0.1, 0.15) is 6.04 Å². The van der Waals surface area contributed by atoms with Crippen LogP contribution in [0.1, 0.15) is 0 Å². The summed E-state index contributed by atoms with van der Waals surface area (Å²) in [5.74, 6) is 0.0541. The SMILES string of the molecule is N#CN1CCN2CCN(c3cccc(Cl)c3)C(=O)[C@H]2C1. The number of piperazine rings is 2. The second kappa shape index (κ2) is 5.31. The lowest BCUT2D eigenvalue weighted by molar-refractivity contribution is -0.127. The maximum absolute atomic E-state index is 12.6. The molecule has 2 aliphatic heterocycles. The summed E-state index contributed by atoms with van der Waals surface area (Å²) in [5, 5.41) is 9.63. The van der Waals surface area contributed by atoms with Crippen LogP contribution < -0.4 is 4.90 Å². The topological polar surface area (TPSA) is 50.6 Å². The van der Waals surface area contributed by atoms with Gasteiger partial charge in [0.05, 0.1) is 6.54 Å². The van der Waals surface area contributed by atoms with E-state index in [1.54, 1.807) is 21.9 Å². The van der Waals surface area contributed by atoms with Crippen LogP contribution in [0.5, 0.6) is 0 Å². The number of rotatable bonds is 1. The van der Waals surface area contributed by atoms with Crippen LogP contribution in [0.3, 0.4) is 0 Å². The van der Waals surface area contributed by atoms with Gasteiger partial charge in [-0.15, -0.1) is 0 Å². The molecule has 5 nitrogen and oxygen atoms in total. The molecule has 104 valence electrons. The van der Waals surface area contributed by atoms with Crippen LogP contribution in [0, 0.1) is 11.5 Å². The number of amides is 1. The Morgan fingerprint density at radius 1 is 1.25 bits per heavy atom. The maximum Gasteiger partial charge on any atom is 0.246 e. The molecular weight excluding hydrogens is 276 g/mol. The molecule has 0 aliphatic carbocycles. The summed E-state index contributed by atoms with van der Waals surface area (Å²) in [7, 11) is 0. The molecule has 2 fully saturated rings. The van der Waals surface area contributed by atoms with Gasteiger partial charge in [0.25, 0.3) is 0 Å². The second-order valence-electron chi connectivity index (χ2n) is 5.07. The largest absolute Gasteiger partial charge is 0.310 e. The third-order valence-corrected chi connectivity index (χ3v) is 4.15. The van der Waals surface area contributed by atoms with Crippen molar-refractivity contribution < 1.29 is 4.79 Å². The van der Waals surface area contributed by atoms with Gasteiger partial charge in [-0.25, -0.2) is 0 Å². The van der Waals surface area contributed by atoms with Gasteiger partial charge < -0.3 is 9.80 Å². The molecule has 0 bridgehead atoms. The van der Waals surface area contributed by atoms with Crippen LogP contribution >= 0.6 is 11.6 Å². The molecule has 2 heterocycles. The minimum absolute atomic E-state index is 0.0541. The predicted molar refractivity (Wildman–Crippen MR) is 76.4 cm³/mol. The number of anilines is 1. The number of nitriles is 1. The summed E-state index contributed by atoms with van der Waals surface area (Å²) in [4.78, 5) is 18.2. The minimum Gasteiger partial charge on any atom is -0.310 e. The molecule has 20 heavy (non-hydrogen) atoms. The van der Waals surface area contributed by atoms with E-state index < -0.39 is 0 Å². The van der Waals surface area contributed by atoms with Crippen LogP contribution in [0.2, 0.25) is 5.02 Å². The van der Waals surface area contributed by atoms with E-state index in [4.69, 9.17) is 16.9 Å². The Labute approximate surface area is 122 Å². The van der Waals surface area contributed by atoms with Crippen LogP contribution in [0.25, 0.3) is 0 Å². The number of carbonyl (C=O) groups is 1. The average Bonchev–Trinajstić information content (AvgIpc) is 2.47. The first kappa shape index (κ1) is 13.2. The Morgan fingerprint density at radius 2 is 2.05 bits per heavy atom. The predicted octanol–water partition coefficient (Wildman–Crippen LogP) is 1.15. The molecule has 1 aromatic rings. The van der Waals surface area contributed by atoms with E-state index in [-0.39, 0.29) is 11.9 Å². The minimum atomic E-state index is -0.226. The Kier molecular flexibility index (Phi) is 3.51. The van der Waals surface area contributed by atoms with Crippen LogP contribution in [0.15, 0.2) is 24.3 Å². The van der Waals surface area contributed by atoms with Crippen molar-refractivity contribution in [1.29, 1.82) is 5.26 Å². The highest BCUT2D eigenvalue weighted by atomic mass is 35.5. The Hall–Kier alpha value is -1.77. The fourth-order valence-corrected chi connectivity index (χ4v) is 3.02. The first-order chi connectivity index (χ1) is 9.69. The summed E-state index contributed by atoms with van der Waals surface area (Å²) < 4.78 is 0. The first-order valence-corrected chi connectivity index (χ1v) is 7.02. The molecule has 0 N–H and O–H groups in total. The molecule has 0 aromatic heterocycles. The molecule has 1 atom stereocenters. The van der Waals surface area contributed by atoms with Gasteiger partial charge in [-0.1, -0.05) is 17.7 Å². The number of benzene rings is 1. The summed E-state index contributed by atoms with van der Waals surface area (Å²) in [5.41, 5.74) is 0.830. The molecule has 0 unspecified atom stereocenters. The Bertz CT molecular complexity index is 571. The number of carbonyl (C=O) groups excluding carboxylic acids is 1. The van der Waals surface area contributed by atoms with Crippen LogP contribution in [0.4, 0.5) is 5.69 Å². The molecule has 2 saturated heterocycles. The number of hydrogen-bond acceptors (Lipinski definition) is 4. The van der Waals surface area contributed by atoms with E-state index in [9.17, 15) is 4.79 Å². The van der Waals surface area contributed by atoms with Crippen molar-refractivity contribution in [2.24, 2.45) is 0 Å². The van der Waals surface area contributed by atoms with Crippen molar-refractivity contribution in [1.82, 2.24) is 9.80 Å². The van der Waals surface area contributed by atoms with Gasteiger partial charge in [0.15, 0.2) is 6.19 Å². The lowest BCUT2D eigenvalue weighted by Crippen LogP contribution is -2.64. The highest BCUT2D eigenvalue weighted by molar-refractivity contribution is 6.30. The highest BCUT2D eigenvalue weighted by Gasteiger charge is 2.38. The third-order valence-electron chi connectivity index (χ3n) is 3.91. The van der Waals surface area contributed by atoms with Crippen molar-refractivity contribution in [3.63, 3.8) is 0 Å². The number of halogens is 1. The lowest BCUT2D eigenvalue weighted by atomic mass is 10.1. The molecule has 0 spiro atoms. The van der Waals surface area contributed by atoms with E-state index in [0.29, 0.717) is 24.7 Å². The van der Waals surface area contributed by atoms with Crippen molar-refractivity contribution in [3.05, 3.63) is 29.3 Å². The molecule has 1 aromatic carbocycles. The lowest BCUT2D eigenvalue weighted by Gasteiger charge is -2.45. The Morgan fingerprint density at radius 3 is 2.80 bits per heavy atom. The number of nitrogens with zero attached hydrogens (tertiary/aromatic N) is 4. The zero-order valence-electron chi connectivity index (χ0n) is 11.0. The van der Waals surface area contributed by atoms with E-state index in [1.807, 2.05) is 12.1 Å². The van der Waals surface area contributed by atoms with E-state index in [2.05, 4.69) is 11.1 Å². The van der Waals surface area contributed by atoms with Crippen LogP contribution in [-0.2, 0) is 4.79 Å². The fraction of sp³-hybridized carbons (Fsp3) is 0.429. The summed E-state index contributed by atoms with van der Waals surface area (Å²) in [6, 6.07) is 7.12. The maximum atomic E-state index is 12.6. The van der Waals surface area contributed by atoms with Gasteiger partial charge in [-0.2, -0.15) is 5.26 Å². The molecule has 0 saturated carbocycles. The monoisotopic (exact) mass is 290 g/mol. The molecule has 2 aliphatic rings. The summed E-state index contributed by atoms with van der Waals surface area (Å²) in [6.45, 7) is 3.46. The quantitative estimate of drug-likeness (QED) is 0.728. The molecule has 0 radical (unpaired) electrons. The average molecular weight is 291 g/mol. The zero-order valence-corrected chi connectivity index (χ0v) is 11.8. The number of hydrogen-bond donors (Lipinski definition) is 0. The van der Waals surface area contributed by atoms with Gasteiger partial charge in [0.2, 0.25) is 5.91 Å². The molecule has 1 amide bonds. The normalized spacial score (nSPS) is 23.4. The van der Waals surface area contributed by atoms with E-state index in [0.717, 1.165) is 18.8 Å². The van der Waals surface area contributed by atoms with Crippen molar-refractivity contribution >= 4 is 23.2 Å². The standard InChI is InChI=1S/C14H15ClN4O/c15-11-2-1-3-12(8-11)19-7-6-18-5-4-17(10-16)9-13(18)14(19)20/h1-3,8,13H,4-7,9H2/t13-/m1/s1. The van der Waals surface area contributed by atoms with Crippen LogP contribution in [-0.4, -0.2) is 54.5 Å². The molecule has 6 heteroatoms.